The van der Waals surface area contributed by atoms with Gasteiger partial charge in [0.25, 0.3) is 0 Å². The molecule has 2 aliphatic carbocycles. The van der Waals surface area contributed by atoms with Gasteiger partial charge in [0.05, 0.1) is 13.2 Å². The molecule has 0 bridgehead atoms. The van der Waals surface area contributed by atoms with Crippen LogP contribution < -0.4 is 9.47 Å². The standard InChI is InChI=1S/C47H42O4/c1-3-10-35(29-33-11-5-4-6-12-33)38-17-21-42-40(31-38)19-23-44(50-26-25-48)46(42)47-43-22-18-39(32-41(43)20-24-45(47)51-28-27-49-2)37-16-9-15-34-13-7-8-14-36(34)30-37/h3-24,29-32,34,48H,25-28H2,1-2H3/b10-3-,35-29+. The number of benzene rings is 5. The zero-order chi connectivity index (χ0) is 35.0. The molecule has 5 aromatic carbocycles. The van der Waals surface area contributed by atoms with Crippen LogP contribution in [0.15, 0.2) is 157 Å². The lowest BCUT2D eigenvalue weighted by Crippen LogP contribution is -2.07. The van der Waals surface area contributed by atoms with Crippen LogP contribution in [0, 0.1) is 5.92 Å². The fourth-order valence-electron chi connectivity index (χ4n) is 6.84. The van der Waals surface area contributed by atoms with Crippen LogP contribution in [0.3, 0.4) is 0 Å². The molecule has 0 heterocycles. The number of rotatable bonds is 12. The Morgan fingerprint density at radius 2 is 1.47 bits per heavy atom. The van der Waals surface area contributed by atoms with E-state index in [1.165, 1.54) is 5.57 Å². The van der Waals surface area contributed by atoms with Crippen molar-refractivity contribution in [3.63, 3.8) is 0 Å². The van der Waals surface area contributed by atoms with Crippen molar-refractivity contribution in [2.24, 2.45) is 5.92 Å². The first-order valence-corrected chi connectivity index (χ1v) is 17.5. The van der Waals surface area contributed by atoms with Gasteiger partial charge in [0.1, 0.15) is 24.7 Å². The topological polar surface area (TPSA) is 47.9 Å². The second-order valence-electron chi connectivity index (χ2n) is 12.6. The van der Waals surface area contributed by atoms with Crippen LogP contribution >= 0.6 is 0 Å². The number of aliphatic hydroxyl groups is 1. The van der Waals surface area contributed by atoms with Crippen LogP contribution in [0.1, 0.15) is 23.6 Å². The molecule has 0 fully saturated rings. The number of allylic oxidation sites excluding steroid dienone is 13. The van der Waals surface area contributed by atoms with Gasteiger partial charge in [0.2, 0.25) is 0 Å². The highest BCUT2D eigenvalue weighted by Crippen LogP contribution is 2.46. The molecular weight excluding hydrogens is 629 g/mol. The summed E-state index contributed by atoms with van der Waals surface area (Å²) in [7, 11) is 1.68. The Balaban J connectivity index is 1.41. The summed E-state index contributed by atoms with van der Waals surface area (Å²) >= 11 is 0. The summed E-state index contributed by atoms with van der Waals surface area (Å²) in [6, 6.07) is 31.9. The van der Waals surface area contributed by atoms with Gasteiger partial charge in [0.15, 0.2) is 0 Å². The van der Waals surface area contributed by atoms with E-state index in [-0.39, 0.29) is 19.1 Å². The molecule has 0 aromatic heterocycles. The van der Waals surface area contributed by atoms with Gasteiger partial charge in [-0.25, -0.2) is 0 Å². The molecule has 51 heavy (non-hydrogen) atoms. The molecule has 254 valence electrons. The van der Waals surface area contributed by atoms with Gasteiger partial charge in [-0.3, -0.25) is 0 Å². The minimum Gasteiger partial charge on any atom is -0.491 e. The van der Waals surface area contributed by atoms with Crippen molar-refractivity contribution in [1.82, 2.24) is 0 Å². The van der Waals surface area contributed by atoms with Crippen LogP contribution in [-0.4, -0.2) is 38.6 Å². The zero-order valence-corrected chi connectivity index (χ0v) is 29.1. The molecule has 7 rings (SSSR count). The second kappa shape index (κ2) is 15.9. The van der Waals surface area contributed by atoms with Crippen LogP contribution in [0.5, 0.6) is 11.5 Å². The number of fused-ring (bicyclic) bond motifs is 3. The maximum Gasteiger partial charge on any atom is 0.128 e. The molecule has 0 aliphatic heterocycles. The molecule has 1 unspecified atom stereocenters. The van der Waals surface area contributed by atoms with E-state index < -0.39 is 0 Å². The highest BCUT2D eigenvalue weighted by molar-refractivity contribution is 6.11. The van der Waals surface area contributed by atoms with Gasteiger partial charge in [-0.1, -0.05) is 127 Å². The Morgan fingerprint density at radius 1 is 0.745 bits per heavy atom. The first-order valence-electron chi connectivity index (χ1n) is 17.5. The molecule has 0 radical (unpaired) electrons. The SMILES string of the molecule is C/C=C\C(=C/c1ccccc1)c1ccc2c(-c3c(OCCOC)ccc4cc(C5=CC=CC6C=CC=CC6=C5)ccc34)c(OCCO)ccc2c1. The summed E-state index contributed by atoms with van der Waals surface area (Å²) in [6.07, 6.45) is 23.9. The Labute approximate surface area is 300 Å². The third kappa shape index (κ3) is 7.44. The quantitative estimate of drug-likeness (QED) is 0.0815. The lowest BCUT2D eigenvalue weighted by atomic mass is 9.89. The number of hydrogen-bond acceptors (Lipinski definition) is 4. The van der Waals surface area contributed by atoms with Gasteiger partial charge in [-0.05, 0) is 92.2 Å². The minimum atomic E-state index is -0.0889. The Hall–Kier alpha value is -5.68. The van der Waals surface area contributed by atoms with Crippen molar-refractivity contribution in [2.45, 2.75) is 6.92 Å². The van der Waals surface area contributed by atoms with E-state index in [4.69, 9.17) is 14.2 Å². The van der Waals surface area contributed by atoms with E-state index in [1.807, 2.05) is 19.1 Å². The van der Waals surface area contributed by atoms with Crippen molar-refractivity contribution in [3.8, 4) is 22.6 Å². The van der Waals surface area contributed by atoms with E-state index in [0.29, 0.717) is 19.0 Å². The summed E-state index contributed by atoms with van der Waals surface area (Å²) in [5, 5.41) is 14.0. The monoisotopic (exact) mass is 670 g/mol. The zero-order valence-electron chi connectivity index (χ0n) is 29.1. The Kier molecular flexibility index (Phi) is 10.5. The molecule has 0 amide bonds. The summed E-state index contributed by atoms with van der Waals surface area (Å²) in [6.45, 7) is 3.00. The lowest BCUT2D eigenvalue weighted by molar-refractivity contribution is 0.146. The highest BCUT2D eigenvalue weighted by Gasteiger charge is 2.21. The van der Waals surface area contributed by atoms with E-state index >= 15 is 0 Å². The van der Waals surface area contributed by atoms with E-state index in [9.17, 15) is 5.11 Å². The predicted molar refractivity (Wildman–Crippen MR) is 213 cm³/mol. The number of ether oxygens (including phenoxy) is 3. The van der Waals surface area contributed by atoms with Gasteiger partial charge < -0.3 is 19.3 Å². The molecule has 1 atom stereocenters. The summed E-state index contributed by atoms with van der Waals surface area (Å²) < 4.78 is 18.1. The van der Waals surface area contributed by atoms with Crippen molar-refractivity contribution < 1.29 is 19.3 Å². The molecule has 1 N–H and O–H groups in total. The van der Waals surface area contributed by atoms with E-state index in [0.717, 1.165) is 66.3 Å². The normalized spacial score (nSPS) is 15.6. The van der Waals surface area contributed by atoms with Crippen molar-refractivity contribution in [3.05, 3.63) is 174 Å². The Morgan fingerprint density at radius 3 is 2.22 bits per heavy atom. The lowest BCUT2D eigenvalue weighted by Gasteiger charge is -2.20. The first kappa shape index (κ1) is 33.8. The third-order valence-electron chi connectivity index (χ3n) is 9.26. The molecule has 4 nitrogen and oxygen atoms in total. The van der Waals surface area contributed by atoms with Crippen molar-refractivity contribution in [2.75, 3.05) is 33.5 Å². The fraction of sp³-hybridized carbons (Fsp3) is 0.149. The summed E-state index contributed by atoms with van der Waals surface area (Å²) in [4.78, 5) is 0. The van der Waals surface area contributed by atoms with Gasteiger partial charge in [-0.15, -0.1) is 0 Å². The summed E-state index contributed by atoms with van der Waals surface area (Å²) in [5.74, 6) is 1.72. The third-order valence-corrected chi connectivity index (χ3v) is 9.26. The van der Waals surface area contributed by atoms with Crippen LogP contribution in [0.4, 0.5) is 0 Å². The maximum absolute atomic E-state index is 9.79. The highest BCUT2D eigenvalue weighted by atomic mass is 16.5. The molecule has 0 saturated heterocycles. The molecular formula is C47H42O4. The van der Waals surface area contributed by atoms with Crippen molar-refractivity contribution in [1.29, 1.82) is 0 Å². The molecule has 4 heteroatoms. The maximum atomic E-state index is 9.79. The van der Waals surface area contributed by atoms with Crippen LogP contribution in [-0.2, 0) is 4.74 Å². The summed E-state index contributed by atoms with van der Waals surface area (Å²) in [5.41, 5.74) is 8.84. The molecule has 0 saturated carbocycles. The van der Waals surface area contributed by atoms with Gasteiger partial charge in [-0.2, -0.15) is 0 Å². The predicted octanol–water partition coefficient (Wildman–Crippen LogP) is 10.8. The molecule has 5 aromatic rings. The van der Waals surface area contributed by atoms with Crippen LogP contribution in [0.2, 0.25) is 0 Å². The number of aliphatic hydroxyl groups excluding tert-OH is 1. The average Bonchev–Trinajstić information content (AvgIpc) is 3.40. The van der Waals surface area contributed by atoms with Crippen LogP contribution in [0.25, 0.3) is 49.9 Å². The smallest absolute Gasteiger partial charge is 0.128 e. The number of hydrogen-bond donors (Lipinski definition) is 1. The largest absolute Gasteiger partial charge is 0.491 e. The number of methoxy groups -OCH3 is 1. The average molecular weight is 671 g/mol. The molecule has 0 spiro atoms. The van der Waals surface area contributed by atoms with Gasteiger partial charge in [0, 0.05) is 24.2 Å². The molecule has 2 aliphatic rings. The Bertz CT molecular complexity index is 2260. The van der Waals surface area contributed by atoms with E-state index in [2.05, 4.69) is 146 Å². The minimum absolute atomic E-state index is 0.0889. The van der Waals surface area contributed by atoms with Crippen molar-refractivity contribution >= 4 is 38.8 Å². The fourth-order valence-corrected chi connectivity index (χ4v) is 6.84. The first-order chi connectivity index (χ1) is 25.2. The van der Waals surface area contributed by atoms with Gasteiger partial charge >= 0.3 is 0 Å². The van der Waals surface area contributed by atoms with E-state index in [1.54, 1.807) is 7.11 Å². The second-order valence-corrected chi connectivity index (χ2v) is 12.6.